The highest BCUT2D eigenvalue weighted by molar-refractivity contribution is 6.29. The Balaban J connectivity index is 2.01. The lowest BCUT2D eigenvalue weighted by Gasteiger charge is -2.20. The highest BCUT2D eigenvalue weighted by Crippen LogP contribution is 2.31. The van der Waals surface area contributed by atoms with Crippen molar-refractivity contribution >= 4 is 23.1 Å². The lowest BCUT2D eigenvalue weighted by molar-refractivity contribution is -0.384. The van der Waals surface area contributed by atoms with E-state index < -0.39 is 4.92 Å². The molecule has 0 spiro atoms. The quantitative estimate of drug-likeness (QED) is 0.484. The summed E-state index contributed by atoms with van der Waals surface area (Å²) < 4.78 is 5.66. The second kappa shape index (κ2) is 5.57. The SMILES string of the molecule is O=[N+]([O-])c1ccc(Cl)nc1N1CCOc2ccccc2C1. The highest BCUT2D eigenvalue weighted by Gasteiger charge is 2.24. The smallest absolute Gasteiger partial charge is 0.311 e. The third-order valence-electron chi connectivity index (χ3n) is 3.27. The molecule has 3 rings (SSSR count). The molecule has 1 aromatic carbocycles. The van der Waals surface area contributed by atoms with Gasteiger partial charge in [-0.15, -0.1) is 0 Å². The van der Waals surface area contributed by atoms with E-state index in [1.807, 2.05) is 29.2 Å². The maximum atomic E-state index is 11.2. The molecular weight excluding hydrogens is 294 g/mol. The molecule has 21 heavy (non-hydrogen) atoms. The largest absolute Gasteiger partial charge is 0.491 e. The van der Waals surface area contributed by atoms with Crippen LogP contribution in [0.3, 0.4) is 0 Å². The average Bonchev–Trinajstić information content (AvgIpc) is 2.68. The fourth-order valence-corrected chi connectivity index (χ4v) is 2.44. The van der Waals surface area contributed by atoms with Gasteiger partial charge >= 0.3 is 5.69 Å². The van der Waals surface area contributed by atoms with E-state index >= 15 is 0 Å². The van der Waals surface area contributed by atoms with E-state index in [9.17, 15) is 10.1 Å². The second-order valence-electron chi connectivity index (χ2n) is 4.61. The Morgan fingerprint density at radius 1 is 1.29 bits per heavy atom. The minimum Gasteiger partial charge on any atom is -0.491 e. The molecule has 0 saturated heterocycles. The molecule has 0 aliphatic carbocycles. The molecule has 1 aliphatic heterocycles. The number of hydrogen-bond donors (Lipinski definition) is 0. The highest BCUT2D eigenvalue weighted by atomic mass is 35.5. The van der Waals surface area contributed by atoms with Gasteiger partial charge in [-0.05, 0) is 12.1 Å². The molecular formula is C14H12ClN3O3. The zero-order chi connectivity index (χ0) is 14.8. The first-order chi connectivity index (χ1) is 10.1. The topological polar surface area (TPSA) is 68.5 Å². The van der Waals surface area contributed by atoms with Gasteiger partial charge in [0.1, 0.15) is 17.5 Å². The van der Waals surface area contributed by atoms with E-state index in [0.29, 0.717) is 19.7 Å². The standard InChI is InChI=1S/C14H12ClN3O3/c15-13-6-5-11(18(19)20)14(16-13)17-7-8-21-12-4-2-1-3-10(12)9-17/h1-6H,7-9H2. The average molecular weight is 306 g/mol. The van der Waals surface area contributed by atoms with Crippen molar-refractivity contribution in [2.75, 3.05) is 18.1 Å². The van der Waals surface area contributed by atoms with Crippen molar-refractivity contribution in [3.8, 4) is 5.75 Å². The van der Waals surface area contributed by atoms with E-state index in [-0.39, 0.29) is 16.7 Å². The van der Waals surface area contributed by atoms with Crippen LogP contribution in [0.25, 0.3) is 0 Å². The summed E-state index contributed by atoms with van der Waals surface area (Å²) in [5, 5.41) is 11.4. The van der Waals surface area contributed by atoms with Crippen LogP contribution >= 0.6 is 11.6 Å². The summed E-state index contributed by atoms with van der Waals surface area (Å²) >= 11 is 5.89. The van der Waals surface area contributed by atoms with Crippen LogP contribution in [0.4, 0.5) is 11.5 Å². The Hall–Kier alpha value is -2.34. The Bertz CT molecular complexity index is 693. The number of ether oxygens (including phenoxy) is 1. The van der Waals surface area contributed by atoms with E-state index in [2.05, 4.69) is 4.98 Å². The molecule has 1 aromatic heterocycles. The van der Waals surface area contributed by atoms with E-state index in [1.54, 1.807) is 0 Å². The first kappa shape index (κ1) is 13.6. The van der Waals surface area contributed by atoms with Crippen molar-refractivity contribution in [1.29, 1.82) is 0 Å². The molecule has 7 heteroatoms. The first-order valence-corrected chi connectivity index (χ1v) is 6.79. The summed E-state index contributed by atoms with van der Waals surface area (Å²) in [5.74, 6) is 1.07. The molecule has 0 N–H and O–H groups in total. The number of hydrogen-bond acceptors (Lipinski definition) is 5. The van der Waals surface area contributed by atoms with Gasteiger partial charge in [0.15, 0.2) is 0 Å². The molecule has 2 heterocycles. The molecule has 1 aliphatic rings. The Morgan fingerprint density at radius 3 is 2.90 bits per heavy atom. The second-order valence-corrected chi connectivity index (χ2v) is 5.00. The summed E-state index contributed by atoms with van der Waals surface area (Å²) in [7, 11) is 0. The molecule has 0 atom stereocenters. The molecule has 108 valence electrons. The lowest BCUT2D eigenvalue weighted by Crippen LogP contribution is -2.27. The number of nitrogens with zero attached hydrogens (tertiary/aromatic N) is 3. The van der Waals surface area contributed by atoms with Crippen molar-refractivity contribution in [3.05, 3.63) is 57.2 Å². The van der Waals surface area contributed by atoms with Gasteiger partial charge < -0.3 is 9.64 Å². The van der Waals surface area contributed by atoms with Crippen LogP contribution in [0.2, 0.25) is 5.15 Å². The normalized spacial score (nSPS) is 14.0. The van der Waals surface area contributed by atoms with Crippen LogP contribution in [0.15, 0.2) is 36.4 Å². The van der Waals surface area contributed by atoms with Gasteiger partial charge in [0, 0.05) is 18.2 Å². The predicted octanol–water partition coefficient (Wildman–Crippen LogP) is 3.04. The van der Waals surface area contributed by atoms with Gasteiger partial charge in [0.05, 0.1) is 11.5 Å². The van der Waals surface area contributed by atoms with Crippen LogP contribution < -0.4 is 9.64 Å². The molecule has 0 fully saturated rings. The third-order valence-corrected chi connectivity index (χ3v) is 3.48. The number of para-hydroxylation sites is 1. The van der Waals surface area contributed by atoms with Crippen molar-refractivity contribution in [2.24, 2.45) is 0 Å². The van der Waals surface area contributed by atoms with Crippen LogP contribution in [0, 0.1) is 10.1 Å². The lowest BCUT2D eigenvalue weighted by atomic mass is 10.2. The van der Waals surface area contributed by atoms with Gasteiger partial charge in [-0.3, -0.25) is 10.1 Å². The monoisotopic (exact) mass is 305 g/mol. The minimum atomic E-state index is -0.448. The maximum absolute atomic E-state index is 11.2. The summed E-state index contributed by atoms with van der Waals surface area (Å²) in [6, 6.07) is 10.4. The number of aromatic nitrogens is 1. The van der Waals surface area contributed by atoms with Crippen LogP contribution in [0.1, 0.15) is 5.56 Å². The number of benzene rings is 1. The van der Waals surface area contributed by atoms with Crippen molar-refractivity contribution < 1.29 is 9.66 Å². The van der Waals surface area contributed by atoms with E-state index in [1.165, 1.54) is 12.1 Å². The van der Waals surface area contributed by atoms with Crippen LogP contribution in [-0.2, 0) is 6.54 Å². The summed E-state index contributed by atoms with van der Waals surface area (Å²) in [4.78, 5) is 16.7. The number of nitro groups is 1. The van der Waals surface area contributed by atoms with Crippen molar-refractivity contribution in [2.45, 2.75) is 6.54 Å². The Morgan fingerprint density at radius 2 is 2.10 bits per heavy atom. The molecule has 0 amide bonds. The van der Waals surface area contributed by atoms with Crippen molar-refractivity contribution in [1.82, 2.24) is 4.98 Å². The molecule has 0 radical (unpaired) electrons. The van der Waals surface area contributed by atoms with Crippen LogP contribution in [0.5, 0.6) is 5.75 Å². The van der Waals surface area contributed by atoms with Gasteiger partial charge in [0.2, 0.25) is 5.82 Å². The first-order valence-electron chi connectivity index (χ1n) is 6.42. The fraction of sp³-hybridized carbons (Fsp3) is 0.214. The molecule has 2 aromatic rings. The fourth-order valence-electron chi connectivity index (χ4n) is 2.30. The number of halogens is 1. The van der Waals surface area contributed by atoms with Gasteiger partial charge in [-0.1, -0.05) is 29.8 Å². The van der Waals surface area contributed by atoms with Gasteiger partial charge in [-0.25, -0.2) is 4.98 Å². The minimum absolute atomic E-state index is 0.0567. The molecule has 0 bridgehead atoms. The molecule has 6 nitrogen and oxygen atoms in total. The predicted molar refractivity (Wildman–Crippen MR) is 78.9 cm³/mol. The summed E-state index contributed by atoms with van der Waals surface area (Å²) in [6.45, 7) is 1.43. The third kappa shape index (κ3) is 2.75. The molecule has 0 unspecified atom stereocenters. The van der Waals surface area contributed by atoms with Gasteiger partial charge in [-0.2, -0.15) is 0 Å². The Kier molecular flexibility index (Phi) is 3.62. The number of rotatable bonds is 2. The number of pyridine rings is 1. The Labute approximate surface area is 126 Å². The maximum Gasteiger partial charge on any atom is 0.311 e. The number of anilines is 1. The van der Waals surface area contributed by atoms with Crippen LogP contribution in [-0.4, -0.2) is 23.1 Å². The number of fused-ring (bicyclic) bond motifs is 1. The zero-order valence-electron chi connectivity index (χ0n) is 11.0. The summed E-state index contributed by atoms with van der Waals surface area (Å²) in [6.07, 6.45) is 0. The summed E-state index contributed by atoms with van der Waals surface area (Å²) in [5.41, 5.74) is 0.907. The van der Waals surface area contributed by atoms with E-state index in [4.69, 9.17) is 16.3 Å². The molecule has 0 saturated carbocycles. The van der Waals surface area contributed by atoms with Crippen molar-refractivity contribution in [3.63, 3.8) is 0 Å². The zero-order valence-corrected chi connectivity index (χ0v) is 11.8. The van der Waals surface area contributed by atoms with Gasteiger partial charge in [0.25, 0.3) is 0 Å². The van der Waals surface area contributed by atoms with E-state index in [0.717, 1.165) is 11.3 Å².